The van der Waals surface area contributed by atoms with Crippen LogP contribution in [0.1, 0.15) is 98.2 Å². The monoisotopic (exact) mass is 600 g/mol. The first kappa shape index (κ1) is 30.0. The van der Waals surface area contributed by atoms with Crippen LogP contribution in [0.5, 0.6) is 5.75 Å². The molecule has 3 aliphatic rings. The van der Waals surface area contributed by atoms with Gasteiger partial charge < -0.3 is 15.2 Å². The molecule has 0 aliphatic heterocycles. The number of nitrogens with one attached hydrogen (secondary N) is 1. The average molecular weight is 601 g/mol. The fourth-order valence-electron chi connectivity index (χ4n) is 8.39. The second kappa shape index (κ2) is 11.8. The van der Waals surface area contributed by atoms with Crippen molar-refractivity contribution in [3.63, 3.8) is 0 Å². The zero-order chi connectivity index (χ0) is 30.4. The molecule has 0 unspecified atom stereocenters. The summed E-state index contributed by atoms with van der Waals surface area (Å²) < 4.78 is 6.54. The molecule has 0 radical (unpaired) electrons. The zero-order valence-corrected chi connectivity index (χ0v) is 26.8. The first-order valence-corrected chi connectivity index (χ1v) is 16.5. The van der Waals surface area contributed by atoms with E-state index in [1.807, 2.05) is 36.5 Å². The summed E-state index contributed by atoms with van der Waals surface area (Å²) in [7, 11) is 0. The molecule has 1 saturated carbocycles. The lowest BCUT2D eigenvalue weighted by Gasteiger charge is -2.47. The van der Waals surface area contributed by atoms with E-state index >= 15 is 0 Å². The Kier molecular flexibility index (Phi) is 8.23. The fourth-order valence-corrected chi connectivity index (χ4v) is 8.58. The van der Waals surface area contributed by atoms with E-state index in [0.717, 1.165) is 43.5 Å². The highest BCUT2D eigenvalue weighted by atomic mass is 35.5. The molecule has 0 amide bonds. The van der Waals surface area contributed by atoms with Gasteiger partial charge in [-0.05, 0) is 141 Å². The molecule has 3 aliphatic carbocycles. The molecule has 3 aromatic rings. The van der Waals surface area contributed by atoms with Gasteiger partial charge in [-0.25, -0.2) is 4.79 Å². The lowest BCUT2D eigenvalue weighted by Crippen LogP contribution is -2.53. The Bertz CT molecular complexity index is 1510. The maximum Gasteiger partial charge on any atom is 0.329 e. The molecule has 3 atom stereocenters. The van der Waals surface area contributed by atoms with E-state index in [9.17, 15) is 9.90 Å². The lowest BCUT2D eigenvalue weighted by atomic mass is 9.59. The molecular weight excluding hydrogens is 556 g/mol. The van der Waals surface area contributed by atoms with Crippen LogP contribution in [0.2, 0.25) is 5.02 Å². The van der Waals surface area contributed by atoms with Crippen LogP contribution in [-0.2, 0) is 23.1 Å². The number of hydrogen-bond donors (Lipinski definition) is 2. The molecule has 2 aromatic carbocycles. The number of carboxylic acids is 1. The van der Waals surface area contributed by atoms with Crippen molar-refractivity contribution in [2.45, 2.75) is 102 Å². The summed E-state index contributed by atoms with van der Waals surface area (Å²) in [5, 5.41) is 14.5. The van der Waals surface area contributed by atoms with Gasteiger partial charge in [0.1, 0.15) is 11.3 Å². The number of aryl methyl sites for hydroxylation is 3. The van der Waals surface area contributed by atoms with E-state index in [1.165, 1.54) is 46.4 Å². The van der Waals surface area contributed by atoms with Gasteiger partial charge >= 0.3 is 5.97 Å². The van der Waals surface area contributed by atoms with Gasteiger partial charge in [-0.3, -0.25) is 4.98 Å². The van der Waals surface area contributed by atoms with Crippen molar-refractivity contribution < 1.29 is 14.6 Å². The normalized spacial score (nSPS) is 26.9. The standard InChI is InChI=1S/C37H45ClN2O3/c1-23(22-43-33-11-16-39-32-10-5-7-24(2)34(32)33)17-28-20-27-18-25(3)26(4)19-31(27)36(28)12-14-37(15-13-36,35(41)42)40-30-9-6-8-29(38)21-30/h6,8-9,11,16,18-19,21,23-24,28,40H,5,7,10,12-15,17,20,22H2,1-4H3,(H,41,42)/t23-,24-,28+,36?,37?/m1/s1. The van der Waals surface area contributed by atoms with Crippen LogP contribution in [-0.4, -0.2) is 28.2 Å². The van der Waals surface area contributed by atoms with Gasteiger partial charge in [-0.2, -0.15) is 0 Å². The highest BCUT2D eigenvalue weighted by Crippen LogP contribution is 2.56. The number of ether oxygens (including phenoxy) is 1. The van der Waals surface area contributed by atoms with Crippen molar-refractivity contribution >= 4 is 23.3 Å². The topological polar surface area (TPSA) is 71.5 Å². The summed E-state index contributed by atoms with van der Waals surface area (Å²) in [6, 6.07) is 14.3. The van der Waals surface area contributed by atoms with Gasteiger partial charge in [0.25, 0.3) is 0 Å². The van der Waals surface area contributed by atoms with Crippen LogP contribution in [0.3, 0.4) is 0 Å². The number of carbonyl (C=O) groups is 1. The minimum atomic E-state index is -1.01. The summed E-state index contributed by atoms with van der Waals surface area (Å²) in [5.41, 5.74) is 7.79. The molecule has 0 saturated heterocycles. The van der Waals surface area contributed by atoms with Crippen LogP contribution in [0.25, 0.3) is 0 Å². The third-order valence-electron chi connectivity index (χ3n) is 10.9. The number of anilines is 1. The SMILES string of the molecule is Cc1cc2c(cc1C)C1(CCC(Nc3cccc(Cl)c3)(C(=O)O)CC1)[C@@H](C[C@@H](C)COc1ccnc3c1[C@H](C)CCC3)C2. The Morgan fingerprint density at radius 1 is 1.14 bits per heavy atom. The highest BCUT2D eigenvalue weighted by molar-refractivity contribution is 6.30. The Balaban J connectivity index is 1.23. The molecule has 5 nitrogen and oxygen atoms in total. The minimum Gasteiger partial charge on any atom is -0.493 e. The lowest BCUT2D eigenvalue weighted by molar-refractivity contribution is -0.144. The van der Waals surface area contributed by atoms with Crippen LogP contribution >= 0.6 is 11.6 Å². The molecular formula is C37H45ClN2O3. The highest BCUT2D eigenvalue weighted by Gasteiger charge is 2.54. The van der Waals surface area contributed by atoms with Crippen molar-refractivity contribution in [3.8, 4) is 5.75 Å². The van der Waals surface area contributed by atoms with E-state index in [2.05, 4.69) is 50.1 Å². The molecule has 1 spiro atoms. The second-order valence-corrected chi connectivity index (χ2v) is 14.2. The summed E-state index contributed by atoms with van der Waals surface area (Å²) in [6.07, 6.45) is 10.3. The molecule has 2 N–H and O–H groups in total. The van der Waals surface area contributed by atoms with Gasteiger partial charge in [0.2, 0.25) is 0 Å². The number of pyridine rings is 1. The summed E-state index contributed by atoms with van der Waals surface area (Å²) >= 11 is 6.24. The van der Waals surface area contributed by atoms with Crippen LogP contribution < -0.4 is 10.1 Å². The third-order valence-corrected chi connectivity index (χ3v) is 11.1. The smallest absolute Gasteiger partial charge is 0.329 e. The summed E-state index contributed by atoms with van der Waals surface area (Å²) in [4.78, 5) is 17.5. The number of halogens is 1. The molecule has 43 heavy (non-hydrogen) atoms. The molecule has 6 heteroatoms. The molecule has 0 bridgehead atoms. The summed E-state index contributed by atoms with van der Waals surface area (Å²) in [5.74, 6) is 1.53. The van der Waals surface area contributed by atoms with Crippen LogP contribution in [0.4, 0.5) is 5.69 Å². The van der Waals surface area contributed by atoms with Gasteiger partial charge in [-0.15, -0.1) is 0 Å². The second-order valence-electron chi connectivity index (χ2n) is 13.8. The number of hydrogen-bond acceptors (Lipinski definition) is 4. The van der Waals surface area contributed by atoms with E-state index in [4.69, 9.17) is 16.3 Å². The predicted molar refractivity (Wildman–Crippen MR) is 174 cm³/mol. The molecule has 1 aromatic heterocycles. The van der Waals surface area contributed by atoms with E-state index in [-0.39, 0.29) is 5.41 Å². The Hall–Kier alpha value is -3.05. The number of aliphatic carboxylic acids is 1. The largest absolute Gasteiger partial charge is 0.493 e. The average Bonchev–Trinajstić information content (AvgIpc) is 3.24. The Morgan fingerprint density at radius 2 is 1.91 bits per heavy atom. The number of aromatic nitrogens is 1. The van der Waals surface area contributed by atoms with E-state index in [0.29, 0.717) is 42.2 Å². The van der Waals surface area contributed by atoms with Crippen LogP contribution in [0, 0.1) is 25.7 Å². The maximum atomic E-state index is 12.8. The molecule has 228 valence electrons. The first-order chi connectivity index (χ1) is 20.6. The fraction of sp³-hybridized carbons (Fsp3) is 0.514. The molecule has 6 rings (SSSR count). The molecule has 1 fully saturated rings. The van der Waals surface area contributed by atoms with Gasteiger partial charge in [0.05, 0.1) is 6.61 Å². The van der Waals surface area contributed by atoms with Crippen LogP contribution in [0.15, 0.2) is 48.7 Å². The van der Waals surface area contributed by atoms with E-state index in [1.54, 1.807) is 0 Å². The molecule has 1 heterocycles. The van der Waals surface area contributed by atoms with Gasteiger partial charge in [-0.1, -0.05) is 43.6 Å². The number of rotatable bonds is 8. The van der Waals surface area contributed by atoms with Gasteiger partial charge in [0, 0.05) is 28.2 Å². The van der Waals surface area contributed by atoms with Crippen molar-refractivity contribution in [1.29, 1.82) is 0 Å². The number of nitrogens with zero attached hydrogens (tertiary/aromatic N) is 1. The van der Waals surface area contributed by atoms with Crippen molar-refractivity contribution in [2.75, 3.05) is 11.9 Å². The number of fused-ring (bicyclic) bond motifs is 3. The quantitative estimate of drug-likeness (QED) is 0.270. The van der Waals surface area contributed by atoms with Crippen molar-refractivity contribution in [2.24, 2.45) is 11.8 Å². The minimum absolute atomic E-state index is 0.0264. The van der Waals surface area contributed by atoms with E-state index < -0.39 is 11.5 Å². The Morgan fingerprint density at radius 3 is 2.65 bits per heavy atom. The summed E-state index contributed by atoms with van der Waals surface area (Å²) in [6.45, 7) is 9.69. The zero-order valence-electron chi connectivity index (χ0n) is 26.0. The van der Waals surface area contributed by atoms with Crippen molar-refractivity contribution in [1.82, 2.24) is 4.98 Å². The predicted octanol–water partition coefficient (Wildman–Crippen LogP) is 8.82. The number of benzene rings is 2. The number of carboxylic acid groups (broad SMARTS) is 1. The third kappa shape index (κ3) is 5.66. The van der Waals surface area contributed by atoms with Crippen molar-refractivity contribution in [3.05, 3.63) is 87.2 Å². The van der Waals surface area contributed by atoms with Gasteiger partial charge in [0.15, 0.2) is 0 Å². The Labute approximate surface area is 261 Å². The maximum absolute atomic E-state index is 12.8. The first-order valence-electron chi connectivity index (χ1n) is 16.1.